The van der Waals surface area contributed by atoms with Gasteiger partial charge in [0.15, 0.2) is 5.11 Å². The van der Waals surface area contributed by atoms with Gasteiger partial charge in [0.1, 0.15) is 5.75 Å². The van der Waals surface area contributed by atoms with E-state index in [1.165, 1.54) is 12.1 Å². The van der Waals surface area contributed by atoms with Crippen molar-refractivity contribution in [1.29, 1.82) is 0 Å². The molecule has 0 aromatic heterocycles. The SMILES string of the molecule is COc1ccc([C@H](C)NC(=S)Nc2ccc(Cl)c(C(F)(F)F)c2)cc1. The van der Waals surface area contributed by atoms with Gasteiger partial charge in [0, 0.05) is 5.69 Å². The number of methoxy groups -OCH3 is 1. The Kier molecular flexibility index (Phi) is 6.13. The highest BCUT2D eigenvalue weighted by atomic mass is 35.5. The molecule has 0 radical (unpaired) electrons. The fourth-order valence-corrected chi connectivity index (χ4v) is 2.68. The summed E-state index contributed by atoms with van der Waals surface area (Å²) in [6, 6.07) is 10.8. The van der Waals surface area contributed by atoms with Crippen LogP contribution in [0.3, 0.4) is 0 Å². The first-order valence-corrected chi connectivity index (χ1v) is 8.07. The van der Waals surface area contributed by atoms with E-state index >= 15 is 0 Å². The van der Waals surface area contributed by atoms with Crippen LogP contribution >= 0.6 is 23.8 Å². The van der Waals surface area contributed by atoms with E-state index in [0.717, 1.165) is 17.4 Å². The van der Waals surface area contributed by atoms with Crippen molar-refractivity contribution in [2.75, 3.05) is 12.4 Å². The second kappa shape index (κ2) is 7.93. The number of halogens is 4. The highest BCUT2D eigenvalue weighted by Gasteiger charge is 2.33. The van der Waals surface area contributed by atoms with Crippen LogP contribution in [0, 0.1) is 0 Å². The topological polar surface area (TPSA) is 33.3 Å². The van der Waals surface area contributed by atoms with Crippen LogP contribution in [0.4, 0.5) is 18.9 Å². The van der Waals surface area contributed by atoms with Crippen molar-refractivity contribution in [2.45, 2.75) is 19.1 Å². The molecule has 0 spiro atoms. The van der Waals surface area contributed by atoms with Crippen LogP contribution in [0.15, 0.2) is 42.5 Å². The third-order valence-corrected chi connectivity index (χ3v) is 4.04. The van der Waals surface area contributed by atoms with E-state index in [4.69, 9.17) is 28.6 Å². The number of anilines is 1. The Morgan fingerprint density at radius 1 is 1.16 bits per heavy atom. The predicted octanol–water partition coefficient (Wildman–Crippen LogP) is 5.42. The Balaban J connectivity index is 2.04. The molecule has 0 amide bonds. The average Bonchev–Trinajstić information content (AvgIpc) is 2.55. The van der Waals surface area contributed by atoms with Gasteiger partial charge >= 0.3 is 6.18 Å². The Labute approximate surface area is 154 Å². The lowest BCUT2D eigenvalue weighted by molar-refractivity contribution is -0.137. The molecule has 2 aromatic rings. The summed E-state index contributed by atoms with van der Waals surface area (Å²) in [6.07, 6.45) is -4.53. The average molecular weight is 389 g/mol. The summed E-state index contributed by atoms with van der Waals surface area (Å²) in [5, 5.41) is 5.61. The second-order valence-electron chi connectivity index (χ2n) is 5.29. The molecule has 0 heterocycles. The summed E-state index contributed by atoms with van der Waals surface area (Å²) in [5.41, 5.74) is 0.248. The molecule has 0 saturated heterocycles. The number of rotatable bonds is 4. The first-order valence-electron chi connectivity index (χ1n) is 7.29. The molecule has 3 nitrogen and oxygen atoms in total. The smallest absolute Gasteiger partial charge is 0.417 e. The monoisotopic (exact) mass is 388 g/mol. The van der Waals surface area contributed by atoms with E-state index in [1.807, 2.05) is 31.2 Å². The molecule has 0 unspecified atom stereocenters. The van der Waals surface area contributed by atoms with Crippen molar-refractivity contribution in [3.8, 4) is 5.75 Å². The first-order chi connectivity index (χ1) is 11.7. The first kappa shape index (κ1) is 19.3. The number of thiocarbonyl (C=S) groups is 1. The highest BCUT2D eigenvalue weighted by Crippen LogP contribution is 2.36. The van der Waals surface area contributed by atoms with Crippen LogP contribution in [-0.2, 0) is 6.18 Å². The Bertz CT molecular complexity index is 751. The second-order valence-corrected chi connectivity index (χ2v) is 6.10. The number of hydrogen-bond donors (Lipinski definition) is 2. The fraction of sp³-hybridized carbons (Fsp3) is 0.235. The van der Waals surface area contributed by atoms with Gasteiger partial charge in [-0.15, -0.1) is 0 Å². The Hall–Kier alpha value is -1.99. The molecule has 0 saturated carbocycles. The summed E-state index contributed by atoms with van der Waals surface area (Å²) in [4.78, 5) is 0. The number of hydrogen-bond acceptors (Lipinski definition) is 2. The molecule has 8 heteroatoms. The number of alkyl halides is 3. The normalized spacial score (nSPS) is 12.4. The van der Waals surface area contributed by atoms with Crippen molar-refractivity contribution in [3.63, 3.8) is 0 Å². The number of nitrogens with one attached hydrogen (secondary N) is 2. The lowest BCUT2D eigenvalue weighted by Gasteiger charge is -2.18. The highest BCUT2D eigenvalue weighted by molar-refractivity contribution is 7.80. The minimum Gasteiger partial charge on any atom is -0.497 e. The molecule has 2 N–H and O–H groups in total. The van der Waals surface area contributed by atoms with Crippen molar-refractivity contribution >= 4 is 34.6 Å². The summed E-state index contributed by atoms with van der Waals surface area (Å²) in [5.74, 6) is 0.734. The van der Waals surface area contributed by atoms with Gasteiger partial charge in [0.25, 0.3) is 0 Å². The number of benzene rings is 2. The van der Waals surface area contributed by atoms with E-state index in [1.54, 1.807) is 7.11 Å². The van der Waals surface area contributed by atoms with Gasteiger partial charge in [0.2, 0.25) is 0 Å². The zero-order valence-corrected chi connectivity index (χ0v) is 15.0. The molecule has 0 fully saturated rings. The van der Waals surface area contributed by atoms with Gasteiger partial charge < -0.3 is 15.4 Å². The lowest BCUT2D eigenvalue weighted by Crippen LogP contribution is -2.31. The van der Waals surface area contributed by atoms with Crippen LogP contribution < -0.4 is 15.4 Å². The molecule has 134 valence electrons. The van der Waals surface area contributed by atoms with Crippen LogP contribution in [0.1, 0.15) is 24.1 Å². The summed E-state index contributed by atoms with van der Waals surface area (Å²) < 4.78 is 43.8. The molecular weight excluding hydrogens is 373 g/mol. The van der Waals surface area contributed by atoms with Crippen LogP contribution in [0.25, 0.3) is 0 Å². The summed E-state index contributed by atoms with van der Waals surface area (Å²) in [6.45, 7) is 1.89. The molecule has 0 aliphatic rings. The maximum atomic E-state index is 12.9. The van der Waals surface area contributed by atoms with Gasteiger partial charge in [-0.05, 0) is 55.0 Å². The fourth-order valence-electron chi connectivity index (χ4n) is 2.16. The van der Waals surface area contributed by atoms with E-state index in [2.05, 4.69) is 10.6 Å². The van der Waals surface area contributed by atoms with Gasteiger partial charge in [-0.1, -0.05) is 23.7 Å². The molecular formula is C17H16ClF3N2OS. The van der Waals surface area contributed by atoms with Crippen LogP contribution in [-0.4, -0.2) is 12.2 Å². The Morgan fingerprint density at radius 2 is 1.80 bits per heavy atom. The minimum absolute atomic E-state index is 0.139. The molecule has 0 aliphatic carbocycles. The molecule has 0 bridgehead atoms. The van der Waals surface area contributed by atoms with Crippen molar-refractivity contribution in [2.24, 2.45) is 0 Å². The third kappa shape index (κ3) is 5.24. The Morgan fingerprint density at radius 3 is 2.36 bits per heavy atom. The molecule has 25 heavy (non-hydrogen) atoms. The molecule has 1 atom stereocenters. The third-order valence-electron chi connectivity index (χ3n) is 3.49. The summed E-state index contributed by atoms with van der Waals surface area (Å²) in [7, 11) is 1.58. The number of ether oxygens (including phenoxy) is 1. The molecule has 0 aliphatic heterocycles. The molecule has 2 rings (SSSR count). The van der Waals surface area contributed by atoms with Gasteiger partial charge in [0.05, 0.1) is 23.7 Å². The minimum atomic E-state index is -4.53. The van der Waals surface area contributed by atoms with Crippen LogP contribution in [0.2, 0.25) is 5.02 Å². The quantitative estimate of drug-likeness (QED) is 0.686. The maximum absolute atomic E-state index is 12.9. The van der Waals surface area contributed by atoms with E-state index in [-0.39, 0.29) is 21.9 Å². The zero-order chi connectivity index (χ0) is 18.6. The van der Waals surface area contributed by atoms with E-state index in [9.17, 15) is 13.2 Å². The largest absolute Gasteiger partial charge is 0.497 e. The van der Waals surface area contributed by atoms with E-state index in [0.29, 0.717) is 0 Å². The zero-order valence-electron chi connectivity index (χ0n) is 13.4. The predicted molar refractivity (Wildman–Crippen MR) is 97.2 cm³/mol. The lowest BCUT2D eigenvalue weighted by atomic mass is 10.1. The van der Waals surface area contributed by atoms with Gasteiger partial charge in [-0.2, -0.15) is 13.2 Å². The summed E-state index contributed by atoms with van der Waals surface area (Å²) >= 11 is 10.8. The standard InChI is InChI=1S/C17H16ClF3N2OS/c1-10(11-3-6-13(24-2)7-4-11)22-16(25)23-12-5-8-15(18)14(9-12)17(19,20)21/h3-10H,1-2H3,(H2,22,23,25)/t10-/m0/s1. The van der Waals surface area contributed by atoms with Gasteiger partial charge in [-0.3, -0.25) is 0 Å². The van der Waals surface area contributed by atoms with Gasteiger partial charge in [-0.25, -0.2) is 0 Å². The van der Waals surface area contributed by atoms with E-state index < -0.39 is 11.7 Å². The molecule has 2 aromatic carbocycles. The van der Waals surface area contributed by atoms with Crippen molar-refractivity contribution < 1.29 is 17.9 Å². The van der Waals surface area contributed by atoms with Crippen molar-refractivity contribution in [1.82, 2.24) is 5.32 Å². The van der Waals surface area contributed by atoms with Crippen molar-refractivity contribution in [3.05, 3.63) is 58.6 Å². The maximum Gasteiger partial charge on any atom is 0.417 e. The van der Waals surface area contributed by atoms with Crippen LogP contribution in [0.5, 0.6) is 5.75 Å².